The molecule has 0 aliphatic heterocycles. The Balaban J connectivity index is 2.15. The van der Waals surface area contributed by atoms with E-state index in [9.17, 15) is 0 Å². The number of hydrogen-bond donors (Lipinski definition) is 0. The van der Waals surface area contributed by atoms with Crippen molar-refractivity contribution < 1.29 is 0 Å². The topological polar surface area (TPSA) is 21.1 Å². The lowest BCUT2D eigenvalue weighted by atomic mass is 10.3. The number of alkyl halides is 1. The zero-order chi connectivity index (χ0) is 10.9. The van der Waals surface area contributed by atoms with Gasteiger partial charge in [0.1, 0.15) is 0 Å². The van der Waals surface area contributed by atoms with E-state index in [0.29, 0.717) is 0 Å². The summed E-state index contributed by atoms with van der Waals surface area (Å²) in [5.41, 5.74) is 0. The van der Waals surface area contributed by atoms with E-state index >= 15 is 0 Å². The average molecular weight is 230 g/mol. The third kappa shape index (κ3) is 5.19. The molecule has 0 saturated heterocycles. The molecule has 0 fully saturated rings. The molecular formula is C11H20ClN3. The lowest BCUT2D eigenvalue weighted by Gasteiger charge is -2.20. The minimum Gasteiger partial charge on any atom is -0.337 e. The molecule has 86 valence electrons. The van der Waals surface area contributed by atoms with Crippen LogP contribution in [0.4, 0.5) is 0 Å². The van der Waals surface area contributed by atoms with E-state index in [2.05, 4.69) is 21.4 Å². The van der Waals surface area contributed by atoms with Gasteiger partial charge in [0.05, 0.1) is 6.33 Å². The maximum atomic E-state index is 5.75. The van der Waals surface area contributed by atoms with Crippen LogP contribution < -0.4 is 0 Å². The Morgan fingerprint density at radius 3 is 2.80 bits per heavy atom. The number of rotatable bonds is 8. The summed E-state index contributed by atoms with van der Waals surface area (Å²) in [4.78, 5) is 6.44. The van der Waals surface area contributed by atoms with E-state index in [1.807, 2.05) is 18.7 Å². The van der Waals surface area contributed by atoms with Gasteiger partial charge in [-0.1, -0.05) is 6.92 Å². The van der Waals surface area contributed by atoms with Gasteiger partial charge >= 0.3 is 0 Å². The lowest BCUT2D eigenvalue weighted by molar-refractivity contribution is 0.281. The van der Waals surface area contributed by atoms with Crippen LogP contribution in [0.15, 0.2) is 18.7 Å². The Morgan fingerprint density at radius 1 is 1.33 bits per heavy atom. The summed E-state index contributed by atoms with van der Waals surface area (Å²) in [6, 6.07) is 0. The van der Waals surface area contributed by atoms with E-state index in [0.717, 1.165) is 38.5 Å². The molecule has 0 bridgehead atoms. The van der Waals surface area contributed by atoms with Crippen LogP contribution in [0, 0.1) is 0 Å². The van der Waals surface area contributed by atoms with Gasteiger partial charge in [0.2, 0.25) is 0 Å². The Labute approximate surface area is 97.1 Å². The minimum absolute atomic E-state index is 0.727. The lowest BCUT2D eigenvalue weighted by Crippen LogP contribution is -2.28. The van der Waals surface area contributed by atoms with Gasteiger partial charge in [-0.2, -0.15) is 0 Å². The summed E-state index contributed by atoms with van der Waals surface area (Å²) in [5.74, 6) is 0.727. The SMILES string of the molecule is CCCN(CCCl)CCCn1ccnc1. The average Bonchev–Trinajstić information content (AvgIpc) is 2.71. The molecule has 0 unspecified atom stereocenters. The molecule has 0 aromatic carbocycles. The van der Waals surface area contributed by atoms with E-state index in [1.165, 1.54) is 6.42 Å². The predicted octanol–water partition coefficient (Wildman–Crippen LogP) is 2.22. The van der Waals surface area contributed by atoms with Crippen LogP contribution in [0.1, 0.15) is 19.8 Å². The highest BCUT2D eigenvalue weighted by Crippen LogP contribution is 1.97. The van der Waals surface area contributed by atoms with Crippen molar-refractivity contribution in [3.63, 3.8) is 0 Å². The van der Waals surface area contributed by atoms with Crippen molar-refractivity contribution in [1.82, 2.24) is 14.5 Å². The first-order chi connectivity index (χ1) is 7.36. The normalized spacial score (nSPS) is 11.1. The summed E-state index contributed by atoms with van der Waals surface area (Å²) in [5, 5.41) is 0. The Bertz CT molecular complexity index is 230. The molecule has 1 aromatic rings. The van der Waals surface area contributed by atoms with Crippen molar-refractivity contribution >= 4 is 11.6 Å². The second-order valence-electron chi connectivity index (χ2n) is 3.68. The van der Waals surface area contributed by atoms with E-state index < -0.39 is 0 Å². The van der Waals surface area contributed by atoms with Gasteiger partial charge in [0.15, 0.2) is 0 Å². The zero-order valence-electron chi connectivity index (χ0n) is 9.40. The van der Waals surface area contributed by atoms with Crippen molar-refractivity contribution in [3.8, 4) is 0 Å². The van der Waals surface area contributed by atoms with Crippen molar-refractivity contribution in [2.75, 3.05) is 25.5 Å². The number of halogens is 1. The fourth-order valence-electron chi connectivity index (χ4n) is 1.67. The van der Waals surface area contributed by atoms with Crippen molar-refractivity contribution in [1.29, 1.82) is 0 Å². The van der Waals surface area contributed by atoms with Gasteiger partial charge in [0.25, 0.3) is 0 Å². The molecule has 1 aromatic heterocycles. The van der Waals surface area contributed by atoms with E-state index in [-0.39, 0.29) is 0 Å². The maximum Gasteiger partial charge on any atom is 0.0945 e. The van der Waals surface area contributed by atoms with Gasteiger partial charge in [0, 0.05) is 31.4 Å². The number of aryl methyl sites for hydroxylation is 1. The highest BCUT2D eigenvalue weighted by atomic mass is 35.5. The number of imidazole rings is 1. The summed E-state index contributed by atoms with van der Waals surface area (Å²) < 4.78 is 2.12. The Morgan fingerprint density at radius 2 is 2.20 bits per heavy atom. The summed E-state index contributed by atoms with van der Waals surface area (Å²) >= 11 is 5.75. The number of aromatic nitrogens is 2. The maximum absolute atomic E-state index is 5.75. The fourth-order valence-corrected chi connectivity index (χ4v) is 1.91. The Kier molecular flexibility index (Phi) is 6.44. The molecule has 0 radical (unpaired) electrons. The molecule has 0 aliphatic rings. The first-order valence-corrected chi connectivity index (χ1v) is 6.14. The molecule has 4 heteroatoms. The molecule has 0 aliphatic carbocycles. The monoisotopic (exact) mass is 229 g/mol. The minimum atomic E-state index is 0.727. The standard InChI is InChI=1S/C11H20ClN3/c1-2-6-14(9-4-12)7-3-8-15-10-5-13-11-15/h5,10-11H,2-4,6-9H2,1H3. The van der Waals surface area contributed by atoms with Crippen LogP contribution in [0.3, 0.4) is 0 Å². The van der Waals surface area contributed by atoms with Crippen LogP contribution in [0.2, 0.25) is 0 Å². The zero-order valence-corrected chi connectivity index (χ0v) is 10.2. The number of hydrogen-bond acceptors (Lipinski definition) is 2. The molecule has 1 rings (SSSR count). The van der Waals surface area contributed by atoms with Gasteiger partial charge < -0.3 is 9.47 Å². The molecule has 0 atom stereocenters. The van der Waals surface area contributed by atoms with Crippen LogP contribution in [0.5, 0.6) is 0 Å². The largest absolute Gasteiger partial charge is 0.337 e. The van der Waals surface area contributed by atoms with Gasteiger partial charge in [-0.25, -0.2) is 4.98 Å². The smallest absolute Gasteiger partial charge is 0.0945 e. The van der Waals surface area contributed by atoms with E-state index in [1.54, 1.807) is 0 Å². The predicted molar refractivity (Wildman–Crippen MR) is 64.3 cm³/mol. The summed E-state index contributed by atoms with van der Waals surface area (Å²) in [7, 11) is 0. The van der Waals surface area contributed by atoms with Crippen LogP contribution in [0.25, 0.3) is 0 Å². The molecule has 0 amide bonds. The quantitative estimate of drug-likeness (QED) is 0.638. The third-order valence-electron chi connectivity index (χ3n) is 2.39. The van der Waals surface area contributed by atoms with Crippen molar-refractivity contribution in [2.45, 2.75) is 26.3 Å². The molecule has 0 N–H and O–H groups in total. The molecule has 3 nitrogen and oxygen atoms in total. The molecule has 1 heterocycles. The third-order valence-corrected chi connectivity index (χ3v) is 2.56. The van der Waals surface area contributed by atoms with Crippen LogP contribution in [-0.4, -0.2) is 40.0 Å². The van der Waals surface area contributed by atoms with Gasteiger partial charge in [-0.15, -0.1) is 11.6 Å². The second kappa shape index (κ2) is 7.71. The fraction of sp³-hybridized carbons (Fsp3) is 0.727. The van der Waals surface area contributed by atoms with Gasteiger partial charge in [-0.05, 0) is 25.9 Å². The first kappa shape index (κ1) is 12.5. The summed E-state index contributed by atoms with van der Waals surface area (Å²) in [6.07, 6.45) is 8.05. The number of nitrogens with zero attached hydrogens (tertiary/aromatic N) is 3. The van der Waals surface area contributed by atoms with Crippen LogP contribution >= 0.6 is 11.6 Å². The van der Waals surface area contributed by atoms with Crippen molar-refractivity contribution in [3.05, 3.63) is 18.7 Å². The molecule has 0 spiro atoms. The highest BCUT2D eigenvalue weighted by Gasteiger charge is 2.02. The second-order valence-corrected chi connectivity index (χ2v) is 4.06. The van der Waals surface area contributed by atoms with E-state index in [4.69, 9.17) is 11.6 Å². The van der Waals surface area contributed by atoms with Crippen LogP contribution in [-0.2, 0) is 6.54 Å². The Hall–Kier alpha value is -0.540. The summed E-state index contributed by atoms with van der Waals surface area (Å²) in [6.45, 7) is 6.52. The highest BCUT2D eigenvalue weighted by molar-refractivity contribution is 6.18. The molecule has 0 saturated carbocycles. The first-order valence-electron chi connectivity index (χ1n) is 5.61. The van der Waals surface area contributed by atoms with Crippen molar-refractivity contribution in [2.24, 2.45) is 0 Å². The van der Waals surface area contributed by atoms with Gasteiger partial charge in [-0.3, -0.25) is 0 Å². The molecule has 15 heavy (non-hydrogen) atoms. The molecular weight excluding hydrogens is 210 g/mol.